The van der Waals surface area contributed by atoms with E-state index in [2.05, 4.69) is 10.4 Å². The van der Waals surface area contributed by atoms with Gasteiger partial charge >= 0.3 is 0 Å². The predicted molar refractivity (Wildman–Crippen MR) is 82.0 cm³/mol. The summed E-state index contributed by atoms with van der Waals surface area (Å²) in [5, 5.41) is 8.37. The molecule has 1 aliphatic heterocycles. The smallest absolute Gasteiger partial charge is 0.270 e. The van der Waals surface area contributed by atoms with Gasteiger partial charge < -0.3 is 10.1 Å². The topological polar surface area (TPSA) is 56.1 Å². The Balaban J connectivity index is 1.83. The number of ether oxygens (including phenoxy) is 1. The zero-order valence-electron chi connectivity index (χ0n) is 12.2. The zero-order chi connectivity index (χ0) is 15.3. The first-order valence-corrected chi connectivity index (χ1v) is 7.73. The number of hydrogen-bond acceptors (Lipinski definition) is 3. The minimum atomic E-state index is -0.183. The van der Waals surface area contributed by atoms with Crippen molar-refractivity contribution < 1.29 is 9.53 Å². The Labute approximate surface area is 133 Å². The number of nitrogens with zero attached hydrogens (tertiary/aromatic N) is 2. The van der Waals surface area contributed by atoms with E-state index in [9.17, 15) is 4.79 Å². The molecule has 1 N–H and O–H groups in total. The van der Waals surface area contributed by atoms with Crippen molar-refractivity contribution in [2.45, 2.75) is 31.5 Å². The molecule has 1 unspecified atom stereocenters. The predicted octanol–water partition coefficient (Wildman–Crippen LogP) is 2.85. The van der Waals surface area contributed by atoms with Gasteiger partial charge in [-0.15, -0.1) is 0 Å². The summed E-state index contributed by atoms with van der Waals surface area (Å²) in [5.74, 6) is -0.0586. The Morgan fingerprint density at radius 1 is 1.36 bits per heavy atom. The lowest BCUT2D eigenvalue weighted by atomic mass is 10.00. The fourth-order valence-electron chi connectivity index (χ4n) is 3.03. The van der Waals surface area contributed by atoms with Crippen molar-refractivity contribution in [1.82, 2.24) is 15.1 Å². The lowest BCUT2D eigenvalue weighted by Crippen LogP contribution is -2.23. The maximum Gasteiger partial charge on any atom is 0.270 e. The number of rotatable bonds is 4. The molecule has 5 nitrogen and oxygen atoms in total. The molecule has 1 atom stereocenters. The molecule has 1 amide bonds. The molecular formula is C16H16ClN3O2. The summed E-state index contributed by atoms with van der Waals surface area (Å²) in [6, 6.07) is 7.72. The van der Waals surface area contributed by atoms with E-state index in [0.29, 0.717) is 23.4 Å². The van der Waals surface area contributed by atoms with Gasteiger partial charge in [0.2, 0.25) is 0 Å². The van der Waals surface area contributed by atoms with Crippen molar-refractivity contribution in [2.75, 3.05) is 7.11 Å². The van der Waals surface area contributed by atoms with Crippen LogP contribution in [0.3, 0.4) is 0 Å². The number of carbonyl (C=O) groups is 1. The van der Waals surface area contributed by atoms with Crippen molar-refractivity contribution in [3.63, 3.8) is 0 Å². The van der Waals surface area contributed by atoms with Gasteiger partial charge in [-0.3, -0.25) is 9.48 Å². The fraction of sp³-hybridized carbons (Fsp3) is 0.375. The van der Waals surface area contributed by atoms with Crippen LogP contribution in [0.15, 0.2) is 24.3 Å². The molecular weight excluding hydrogens is 302 g/mol. The number of aromatic nitrogens is 2. The second-order valence-electron chi connectivity index (χ2n) is 5.78. The molecule has 4 rings (SSSR count). The highest BCUT2D eigenvalue weighted by Gasteiger charge is 2.40. The van der Waals surface area contributed by atoms with Crippen LogP contribution in [-0.4, -0.2) is 22.8 Å². The summed E-state index contributed by atoms with van der Waals surface area (Å²) < 4.78 is 7.15. The van der Waals surface area contributed by atoms with Gasteiger partial charge in [0.05, 0.1) is 24.4 Å². The molecule has 0 saturated heterocycles. The van der Waals surface area contributed by atoms with Crippen LogP contribution in [0.5, 0.6) is 0 Å². The molecule has 0 spiro atoms. The quantitative estimate of drug-likeness (QED) is 0.943. The number of nitrogens with one attached hydrogen (secondary N) is 1. The highest BCUT2D eigenvalue weighted by Crippen LogP contribution is 2.41. The van der Waals surface area contributed by atoms with Gasteiger partial charge in [0.1, 0.15) is 5.69 Å². The number of fused-ring (bicyclic) bond motifs is 1. The first kappa shape index (κ1) is 13.8. The van der Waals surface area contributed by atoms with Crippen LogP contribution in [0.1, 0.15) is 52.2 Å². The van der Waals surface area contributed by atoms with E-state index in [0.717, 1.165) is 29.7 Å². The number of carbonyl (C=O) groups excluding carboxylic acids is 1. The molecule has 6 heteroatoms. The van der Waals surface area contributed by atoms with E-state index in [1.807, 2.05) is 28.9 Å². The highest BCUT2D eigenvalue weighted by atomic mass is 35.5. The van der Waals surface area contributed by atoms with E-state index < -0.39 is 0 Å². The van der Waals surface area contributed by atoms with E-state index in [-0.39, 0.29) is 11.9 Å². The first-order chi connectivity index (χ1) is 10.7. The lowest BCUT2D eigenvalue weighted by Gasteiger charge is -2.13. The Morgan fingerprint density at radius 2 is 2.09 bits per heavy atom. The van der Waals surface area contributed by atoms with Crippen molar-refractivity contribution in [3.05, 3.63) is 51.8 Å². The monoisotopic (exact) mass is 317 g/mol. The van der Waals surface area contributed by atoms with Gasteiger partial charge in [0.15, 0.2) is 0 Å². The molecule has 0 radical (unpaired) electrons. The van der Waals surface area contributed by atoms with Crippen molar-refractivity contribution in [2.24, 2.45) is 0 Å². The average molecular weight is 318 g/mol. The Morgan fingerprint density at radius 3 is 2.73 bits per heavy atom. The first-order valence-electron chi connectivity index (χ1n) is 7.35. The normalized spacial score (nSPS) is 20.1. The summed E-state index contributed by atoms with van der Waals surface area (Å²) in [6.45, 7) is 0.404. The fourth-order valence-corrected chi connectivity index (χ4v) is 3.15. The molecule has 1 aromatic carbocycles. The lowest BCUT2D eigenvalue weighted by molar-refractivity contribution is 0.0949. The van der Waals surface area contributed by atoms with Crippen LogP contribution in [0.4, 0.5) is 0 Å². The summed E-state index contributed by atoms with van der Waals surface area (Å²) in [7, 11) is 1.64. The summed E-state index contributed by atoms with van der Waals surface area (Å²) in [5.41, 5.74) is 3.47. The Bertz CT molecular complexity index is 735. The van der Waals surface area contributed by atoms with Crippen LogP contribution >= 0.6 is 11.6 Å². The molecule has 2 heterocycles. The van der Waals surface area contributed by atoms with Crippen LogP contribution in [0.2, 0.25) is 5.02 Å². The van der Waals surface area contributed by atoms with Crippen LogP contribution < -0.4 is 5.32 Å². The van der Waals surface area contributed by atoms with Crippen LogP contribution in [-0.2, 0) is 11.3 Å². The number of hydrogen-bond donors (Lipinski definition) is 1. The second-order valence-corrected chi connectivity index (χ2v) is 6.21. The van der Waals surface area contributed by atoms with E-state index in [4.69, 9.17) is 16.3 Å². The SMILES string of the molecule is COCc1nn(C2CC2)c2c1C(c1ccc(Cl)cc1)NC2=O. The van der Waals surface area contributed by atoms with Crippen molar-refractivity contribution in [3.8, 4) is 0 Å². The maximum atomic E-state index is 12.4. The maximum absolute atomic E-state index is 12.4. The Hall–Kier alpha value is -1.85. The van der Waals surface area contributed by atoms with Gasteiger partial charge in [-0.1, -0.05) is 23.7 Å². The zero-order valence-corrected chi connectivity index (χ0v) is 12.9. The molecule has 2 aliphatic rings. The van der Waals surface area contributed by atoms with Gasteiger partial charge in [0, 0.05) is 17.7 Å². The molecule has 1 saturated carbocycles. The third kappa shape index (κ3) is 2.12. The highest BCUT2D eigenvalue weighted by molar-refractivity contribution is 6.30. The van der Waals surface area contributed by atoms with Crippen molar-refractivity contribution >= 4 is 17.5 Å². The summed E-state index contributed by atoms with van der Waals surface area (Å²) >= 11 is 5.96. The minimum absolute atomic E-state index is 0.0586. The van der Waals surface area contributed by atoms with E-state index >= 15 is 0 Å². The molecule has 0 bridgehead atoms. The summed E-state index contributed by atoms with van der Waals surface area (Å²) in [4.78, 5) is 12.4. The van der Waals surface area contributed by atoms with Crippen molar-refractivity contribution in [1.29, 1.82) is 0 Å². The van der Waals surface area contributed by atoms with Crippen LogP contribution in [0, 0.1) is 0 Å². The number of amides is 1. The molecule has 1 aliphatic carbocycles. The van der Waals surface area contributed by atoms with Gasteiger partial charge in [-0.25, -0.2) is 0 Å². The minimum Gasteiger partial charge on any atom is -0.378 e. The third-order valence-corrected chi connectivity index (χ3v) is 4.43. The van der Waals surface area contributed by atoms with E-state index in [1.165, 1.54) is 0 Å². The number of methoxy groups -OCH3 is 1. The molecule has 1 aromatic heterocycles. The standard InChI is InChI=1S/C16H16ClN3O2/c1-22-8-12-13-14(9-2-4-10(17)5-3-9)18-16(21)15(13)20(19-12)11-6-7-11/h2-5,11,14H,6-8H2,1H3,(H,18,21). The second kappa shape index (κ2) is 5.11. The Kier molecular flexibility index (Phi) is 3.20. The van der Waals surface area contributed by atoms with Gasteiger partial charge in [-0.05, 0) is 30.5 Å². The molecule has 2 aromatic rings. The number of benzene rings is 1. The van der Waals surface area contributed by atoms with E-state index in [1.54, 1.807) is 7.11 Å². The van der Waals surface area contributed by atoms with Crippen LogP contribution in [0.25, 0.3) is 0 Å². The molecule has 114 valence electrons. The van der Waals surface area contributed by atoms with Gasteiger partial charge in [0.25, 0.3) is 5.91 Å². The third-order valence-electron chi connectivity index (χ3n) is 4.18. The summed E-state index contributed by atoms with van der Waals surface area (Å²) in [6.07, 6.45) is 2.17. The average Bonchev–Trinajstić information content (AvgIpc) is 3.20. The number of halogens is 1. The molecule has 22 heavy (non-hydrogen) atoms. The molecule has 1 fully saturated rings. The van der Waals surface area contributed by atoms with Gasteiger partial charge in [-0.2, -0.15) is 5.10 Å². The largest absolute Gasteiger partial charge is 0.378 e.